The first-order valence-corrected chi connectivity index (χ1v) is 11.5. The number of aliphatic hydroxyl groups is 2. The molecule has 1 spiro atoms. The number of ether oxygens (including phenoxy) is 3. The maximum atomic E-state index is 10.9. The summed E-state index contributed by atoms with van der Waals surface area (Å²) in [6.07, 6.45) is 1.07. The molecular formula is C27H31NO5. The molecular weight excluding hydrogens is 418 g/mol. The molecule has 2 aliphatic rings. The first-order chi connectivity index (χ1) is 16.0. The van der Waals surface area contributed by atoms with Crippen LogP contribution in [0.3, 0.4) is 0 Å². The molecule has 2 heterocycles. The van der Waals surface area contributed by atoms with Crippen LogP contribution in [0, 0.1) is 0 Å². The largest absolute Gasteiger partial charge is 0.493 e. The molecule has 2 aliphatic heterocycles. The minimum atomic E-state index is -0.624. The lowest BCUT2D eigenvalue weighted by Crippen LogP contribution is -2.51. The van der Waals surface area contributed by atoms with E-state index in [2.05, 4.69) is 23.1 Å². The number of likely N-dealkylation sites (tertiary alicyclic amines) is 1. The quantitative estimate of drug-likeness (QED) is 0.607. The number of aliphatic hydroxyl groups excluding tert-OH is 2. The summed E-state index contributed by atoms with van der Waals surface area (Å²) in [6.45, 7) is 2.14. The Bertz CT molecular complexity index is 1140. The lowest BCUT2D eigenvalue weighted by molar-refractivity contribution is -0.0577. The summed E-state index contributed by atoms with van der Waals surface area (Å²) in [7, 11) is 3.20. The Kier molecular flexibility index (Phi) is 5.91. The van der Waals surface area contributed by atoms with Crippen LogP contribution in [0.4, 0.5) is 0 Å². The highest BCUT2D eigenvalue weighted by Crippen LogP contribution is 2.47. The summed E-state index contributed by atoms with van der Waals surface area (Å²) in [6, 6.07) is 17.7. The molecule has 0 bridgehead atoms. The van der Waals surface area contributed by atoms with E-state index in [1.807, 2.05) is 36.4 Å². The molecule has 0 unspecified atom stereocenters. The second-order valence-electron chi connectivity index (χ2n) is 9.14. The number of benzene rings is 3. The molecule has 1 saturated heterocycles. The first-order valence-electron chi connectivity index (χ1n) is 11.5. The third-order valence-corrected chi connectivity index (χ3v) is 7.14. The summed E-state index contributed by atoms with van der Waals surface area (Å²) in [5.74, 6) is 2.09. The van der Waals surface area contributed by atoms with Gasteiger partial charge in [-0.25, -0.2) is 0 Å². The minimum Gasteiger partial charge on any atom is -0.493 e. The number of nitrogens with zero attached hydrogens (tertiary/aromatic N) is 1. The summed E-state index contributed by atoms with van der Waals surface area (Å²) < 4.78 is 17.3. The van der Waals surface area contributed by atoms with Crippen LogP contribution in [0.5, 0.6) is 17.2 Å². The van der Waals surface area contributed by atoms with Gasteiger partial charge in [0.1, 0.15) is 11.4 Å². The normalized spacial score (nSPS) is 20.8. The molecule has 0 amide bonds. The number of hydrogen-bond acceptors (Lipinski definition) is 6. The van der Waals surface area contributed by atoms with Crippen molar-refractivity contribution in [3.8, 4) is 17.2 Å². The van der Waals surface area contributed by atoms with Crippen LogP contribution in [0.1, 0.15) is 42.6 Å². The zero-order chi connectivity index (χ0) is 23.0. The van der Waals surface area contributed by atoms with Crippen molar-refractivity contribution in [2.24, 2.45) is 0 Å². The fourth-order valence-electron chi connectivity index (χ4n) is 5.22. The Morgan fingerprint density at radius 1 is 1.03 bits per heavy atom. The molecule has 2 N–H and O–H groups in total. The van der Waals surface area contributed by atoms with Gasteiger partial charge in [-0.15, -0.1) is 0 Å². The first kappa shape index (κ1) is 22.0. The number of piperidine rings is 1. The standard InChI is InChI=1S/C27H31NO5/c1-31-24-10-8-19(15-25(24)32-2)23(30)17-28-13-11-27(12-14-28)16-22(29)21-9-7-18-5-3-4-6-20(18)26(21)33-27/h3-10,15,22-23,29-30H,11-14,16-17H2,1-2H3/t22-,23+/m0/s1. The average Bonchev–Trinajstić information content (AvgIpc) is 2.85. The van der Waals surface area contributed by atoms with Gasteiger partial charge in [-0.2, -0.15) is 0 Å². The van der Waals surface area contributed by atoms with E-state index in [0.29, 0.717) is 24.5 Å². The van der Waals surface area contributed by atoms with Crippen LogP contribution in [0.15, 0.2) is 54.6 Å². The molecule has 0 aliphatic carbocycles. The van der Waals surface area contributed by atoms with Crippen molar-refractivity contribution >= 4 is 10.8 Å². The third-order valence-electron chi connectivity index (χ3n) is 7.14. The predicted molar refractivity (Wildman–Crippen MR) is 127 cm³/mol. The second kappa shape index (κ2) is 8.86. The molecule has 1 fully saturated rings. The van der Waals surface area contributed by atoms with E-state index < -0.39 is 12.2 Å². The van der Waals surface area contributed by atoms with Crippen molar-refractivity contribution in [1.29, 1.82) is 0 Å². The van der Waals surface area contributed by atoms with E-state index in [-0.39, 0.29) is 5.60 Å². The fraction of sp³-hybridized carbons (Fsp3) is 0.407. The van der Waals surface area contributed by atoms with Crippen LogP contribution in [0.25, 0.3) is 10.8 Å². The van der Waals surface area contributed by atoms with E-state index in [0.717, 1.165) is 53.6 Å². The number of methoxy groups -OCH3 is 2. The number of rotatable bonds is 5. The van der Waals surface area contributed by atoms with E-state index in [1.165, 1.54) is 0 Å². The predicted octanol–water partition coefficient (Wildman–Crippen LogP) is 4.24. The number of fused-ring (bicyclic) bond motifs is 3. The van der Waals surface area contributed by atoms with Gasteiger partial charge < -0.3 is 29.3 Å². The van der Waals surface area contributed by atoms with Crippen LogP contribution in [0.2, 0.25) is 0 Å². The molecule has 3 aromatic rings. The lowest BCUT2D eigenvalue weighted by atomic mass is 9.81. The smallest absolute Gasteiger partial charge is 0.161 e. The molecule has 0 radical (unpaired) electrons. The summed E-state index contributed by atoms with van der Waals surface area (Å²) in [4.78, 5) is 2.26. The van der Waals surface area contributed by atoms with Gasteiger partial charge in [-0.05, 0) is 35.9 Å². The van der Waals surface area contributed by atoms with E-state index in [9.17, 15) is 10.2 Å². The number of β-amino-alcohol motifs (C(OH)–C–C–N with tert-alkyl or cyclic N) is 1. The fourth-order valence-corrected chi connectivity index (χ4v) is 5.22. The van der Waals surface area contributed by atoms with Crippen molar-refractivity contribution in [3.63, 3.8) is 0 Å². The van der Waals surface area contributed by atoms with Gasteiger partial charge in [0.25, 0.3) is 0 Å². The van der Waals surface area contributed by atoms with Crippen molar-refractivity contribution < 1.29 is 24.4 Å². The summed E-state index contributed by atoms with van der Waals surface area (Å²) >= 11 is 0. The van der Waals surface area contributed by atoms with Gasteiger partial charge in [0.2, 0.25) is 0 Å². The highest BCUT2D eigenvalue weighted by Gasteiger charge is 2.43. The van der Waals surface area contributed by atoms with Crippen molar-refractivity contribution in [2.75, 3.05) is 33.9 Å². The molecule has 3 aromatic carbocycles. The van der Waals surface area contributed by atoms with Gasteiger partial charge in [-0.1, -0.05) is 42.5 Å². The topological polar surface area (TPSA) is 71.4 Å². The highest BCUT2D eigenvalue weighted by atomic mass is 16.5. The average molecular weight is 450 g/mol. The van der Waals surface area contributed by atoms with Crippen molar-refractivity contribution in [2.45, 2.75) is 37.1 Å². The number of hydrogen-bond donors (Lipinski definition) is 2. The Morgan fingerprint density at radius 3 is 2.55 bits per heavy atom. The SMILES string of the molecule is COc1ccc([C@H](O)CN2CCC3(CC2)C[C@H](O)c2ccc4ccccc4c2O3)cc1OC. The zero-order valence-electron chi connectivity index (χ0n) is 19.2. The van der Waals surface area contributed by atoms with Gasteiger partial charge >= 0.3 is 0 Å². The van der Waals surface area contributed by atoms with Gasteiger partial charge in [0, 0.05) is 37.0 Å². The van der Waals surface area contributed by atoms with Crippen LogP contribution < -0.4 is 14.2 Å². The van der Waals surface area contributed by atoms with E-state index >= 15 is 0 Å². The Hall–Kier alpha value is -2.80. The van der Waals surface area contributed by atoms with Gasteiger partial charge in [-0.3, -0.25) is 0 Å². The Labute approximate surface area is 194 Å². The maximum Gasteiger partial charge on any atom is 0.161 e. The Balaban J connectivity index is 1.28. The van der Waals surface area contributed by atoms with Crippen molar-refractivity contribution in [1.82, 2.24) is 4.90 Å². The van der Waals surface area contributed by atoms with Gasteiger partial charge in [0.05, 0.1) is 26.4 Å². The summed E-state index contributed by atoms with van der Waals surface area (Å²) in [5.41, 5.74) is 1.31. The minimum absolute atomic E-state index is 0.374. The van der Waals surface area contributed by atoms with E-state index in [4.69, 9.17) is 14.2 Å². The Morgan fingerprint density at radius 2 is 1.79 bits per heavy atom. The van der Waals surface area contributed by atoms with Crippen LogP contribution in [-0.4, -0.2) is 54.6 Å². The lowest BCUT2D eigenvalue weighted by Gasteiger charge is -2.46. The zero-order valence-corrected chi connectivity index (χ0v) is 19.2. The van der Waals surface area contributed by atoms with Crippen LogP contribution >= 0.6 is 0 Å². The highest BCUT2D eigenvalue weighted by molar-refractivity contribution is 5.90. The molecule has 6 nitrogen and oxygen atoms in total. The molecule has 33 heavy (non-hydrogen) atoms. The monoisotopic (exact) mass is 449 g/mol. The van der Waals surface area contributed by atoms with Crippen LogP contribution in [-0.2, 0) is 0 Å². The molecule has 2 atom stereocenters. The van der Waals surface area contributed by atoms with Gasteiger partial charge in [0.15, 0.2) is 11.5 Å². The third kappa shape index (κ3) is 4.14. The molecule has 0 saturated carbocycles. The van der Waals surface area contributed by atoms with Crippen molar-refractivity contribution in [3.05, 3.63) is 65.7 Å². The molecule has 0 aromatic heterocycles. The molecule has 5 rings (SSSR count). The second-order valence-corrected chi connectivity index (χ2v) is 9.14. The molecule has 6 heteroatoms. The molecule has 174 valence electrons. The summed E-state index contributed by atoms with van der Waals surface area (Å²) in [5, 5.41) is 24.0. The maximum absolute atomic E-state index is 10.9. The van der Waals surface area contributed by atoms with E-state index in [1.54, 1.807) is 14.2 Å².